The van der Waals surface area contributed by atoms with Gasteiger partial charge in [-0.25, -0.2) is 4.98 Å². The number of nitrogen functional groups attached to an aromatic ring is 1. The summed E-state index contributed by atoms with van der Waals surface area (Å²) in [6.07, 6.45) is 4.70. The molecule has 0 bridgehead atoms. The van der Waals surface area contributed by atoms with Crippen LogP contribution >= 0.6 is 11.6 Å². The lowest BCUT2D eigenvalue weighted by Crippen LogP contribution is -2.28. The van der Waals surface area contributed by atoms with Gasteiger partial charge in [0.15, 0.2) is 0 Å². The Morgan fingerprint density at radius 2 is 2.06 bits per heavy atom. The molecule has 0 aromatic carbocycles. The van der Waals surface area contributed by atoms with Gasteiger partial charge < -0.3 is 16.2 Å². The fourth-order valence-corrected chi connectivity index (χ4v) is 2.74. The molecule has 18 heavy (non-hydrogen) atoms. The Hall–Kier alpha value is -1.07. The van der Waals surface area contributed by atoms with Gasteiger partial charge in [0.1, 0.15) is 11.0 Å². The summed E-state index contributed by atoms with van der Waals surface area (Å²) in [5.41, 5.74) is 5.53. The second-order valence-corrected chi connectivity index (χ2v) is 5.19. The van der Waals surface area contributed by atoms with Gasteiger partial charge in [0.25, 0.3) is 0 Å². The van der Waals surface area contributed by atoms with Crippen molar-refractivity contribution < 1.29 is 5.11 Å². The lowest BCUT2D eigenvalue weighted by molar-refractivity contribution is 0.141. The first-order chi connectivity index (χ1) is 8.69. The number of hydrogen-bond donors (Lipinski definition) is 3. The largest absolute Gasteiger partial charge is 0.396 e. The van der Waals surface area contributed by atoms with Crippen molar-refractivity contribution >= 4 is 23.4 Å². The predicted octanol–water partition coefficient (Wildman–Crippen LogP) is 1.92. The molecule has 0 radical (unpaired) electrons. The highest BCUT2D eigenvalue weighted by Gasteiger charge is 2.24. The fourth-order valence-electron chi connectivity index (χ4n) is 2.55. The third-order valence-electron chi connectivity index (χ3n) is 3.56. The van der Waals surface area contributed by atoms with E-state index in [0.29, 0.717) is 22.8 Å². The zero-order valence-corrected chi connectivity index (χ0v) is 11.0. The van der Waals surface area contributed by atoms with Crippen LogP contribution in [0.25, 0.3) is 0 Å². The minimum absolute atomic E-state index is 0.173. The first-order valence-corrected chi connectivity index (χ1v) is 6.71. The van der Waals surface area contributed by atoms with Crippen molar-refractivity contribution in [1.29, 1.82) is 0 Å². The molecule has 0 spiro atoms. The minimum Gasteiger partial charge on any atom is -0.396 e. The fraction of sp³-hybridized carbons (Fsp3) is 0.667. The van der Waals surface area contributed by atoms with Crippen LogP contribution in [-0.4, -0.2) is 28.2 Å². The molecule has 2 rings (SSSR count). The molecule has 1 aromatic rings. The number of hydrogen-bond acceptors (Lipinski definition) is 5. The maximum Gasteiger partial charge on any atom is 0.223 e. The van der Waals surface area contributed by atoms with Crippen LogP contribution in [0.15, 0.2) is 6.07 Å². The second-order valence-electron chi connectivity index (χ2n) is 4.80. The van der Waals surface area contributed by atoms with Gasteiger partial charge in [0.2, 0.25) is 5.95 Å². The molecular formula is C12H19ClN4O. The molecule has 4 N–H and O–H groups in total. The number of aliphatic hydroxyl groups is 1. The summed E-state index contributed by atoms with van der Waals surface area (Å²) in [6.45, 7) is 1.05. The topological polar surface area (TPSA) is 84.1 Å². The van der Waals surface area contributed by atoms with Gasteiger partial charge in [-0.15, -0.1) is 0 Å². The molecular weight excluding hydrogens is 252 g/mol. The van der Waals surface area contributed by atoms with Crippen molar-refractivity contribution in [2.75, 3.05) is 24.2 Å². The van der Waals surface area contributed by atoms with Gasteiger partial charge in [0, 0.05) is 19.2 Å². The van der Waals surface area contributed by atoms with Gasteiger partial charge in [-0.1, -0.05) is 24.4 Å². The molecule has 1 saturated carbocycles. The molecule has 1 heterocycles. The zero-order chi connectivity index (χ0) is 13.0. The van der Waals surface area contributed by atoms with E-state index in [1.807, 2.05) is 0 Å². The van der Waals surface area contributed by atoms with Crippen molar-refractivity contribution in [3.05, 3.63) is 11.2 Å². The number of aromatic nitrogens is 2. The van der Waals surface area contributed by atoms with E-state index >= 15 is 0 Å². The number of rotatable bonds is 4. The Bertz CT molecular complexity index is 381. The number of nitrogens with one attached hydrogen (secondary N) is 1. The average molecular weight is 271 g/mol. The molecule has 0 saturated heterocycles. The Kier molecular flexibility index (Phi) is 4.60. The molecule has 2 unspecified atom stereocenters. The molecule has 1 aliphatic rings. The van der Waals surface area contributed by atoms with Crippen molar-refractivity contribution in [2.24, 2.45) is 11.8 Å². The number of nitrogens with two attached hydrogens (primary N) is 1. The molecule has 1 aliphatic carbocycles. The van der Waals surface area contributed by atoms with Crippen molar-refractivity contribution in [1.82, 2.24) is 9.97 Å². The molecule has 6 heteroatoms. The van der Waals surface area contributed by atoms with Gasteiger partial charge >= 0.3 is 0 Å². The van der Waals surface area contributed by atoms with Gasteiger partial charge in [-0.05, 0) is 24.7 Å². The summed E-state index contributed by atoms with van der Waals surface area (Å²) in [5.74, 6) is 1.70. The molecule has 2 atom stereocenters. The molecule has 0 amide bonds. The van der Waals surface area contributed by atoms with Crippen LogP contribution in [0.5, 0.6) is 0 Å². The Labute approximate surface area is 112 Å². The summed E-state index contributed by atoms with van der Waals surface area (Å²) < 4.78 is 0. The van der Waals surface area contributed by atoms with E-state index in [1.54, 1.807) is 6.07 Å². The first-order valence-electron chi connectivity index (χ1n) is 6.34. The minimum atomic E-state index is 0.173. The third kappa shape index (κ3) is 3.46. The van der Waals surface area contributed by atoms with E-state index < -0.39 is 0 Å². The normalized spacial score (nSPS) is 23.9. The quantitative estimate of drug-likeness (QED) is 0.728. The summed E-state index contributed by atoms with van der Waals surface area (Å²) in [6, 6.07) is 1.66. The SMILES string of the molecule is Nc1nc(Cl)cc(NCC2CCCCC2CO)n1. The highest BCUT2D eigenvalue weighted by Crippen LogP contribution is 2.29. The second kappa shape index (κ2) is 6.20. The Morgan fingerprint density at radius 1 is 1.33 bits per heavy atom. The lowest BCUT2D eigenvalue weighted by Gasteiger charge is -2.30. The van der Waals surface area contributed by atoms with Crippen LogP contribution in [-0.2, 0) is 0 Å². The van der Waals surface area contributed by atoms with Crippen LogP contribution in [0.1, 0.15) is 25.7 Å². The Morgan fingerprint density at radius 3 is 2.72 bits per heavy atom. The van der Waals surface area contributed by atoms with Crippen molar-refractivity contribution in [3.8, 4) is 0 Å². The summed E-state index contributed by atoms with van der Waals surface area (Å²) >= 11 is 5.82. The van der Waals surface area contributed by atoms with E-state index in [2.05, 4.69) is 15.3 Å². The number of nitrogens with zero attached hydrogens (tertiary/aromatic N) is 2. The van der Waals surface area contributed by atoms with E-state index in [4.69, 9.17) is 17.3 Å². The van der Waals surface area contributed by atoms with Crippen LogP contribution in [0, 0.1) is 11.8 Å². The maximum atomic E-state index is 9.35. The monoisotopic (exact) mass is 270 g/mol. The van der Waals surface area contributed by atoms with Crippen LogP contribution in [0.3, 0.4) is 0 Å². The molecule has 1 aromatic heterocycles. The third-order valence-corrected chi connectivity index (χ3v) is 3.75. The highest BCUT2D eigenvalue weighted by molar-refractivity contribution is 6.29. The van der Waals surface area contributed by atoms with E-state index in [1.165, 1.54) is 12.8 Å². The smallest absolute Gasteiger partial charge is 0.223 e. The van der Waals surface area contributed by atoms with Crippen LogP contribution < -0.4 is 11.1 Å². The van der Waals surface area contributed by atoms with E-state index in [9.17, 15) is 5.11 Å². The number of anilines is 2. The maximum absolute atomic E-state index is 9.35. The van der Waals surface area contributed by atoms with E-state index in [0.717, 1.165) is 19.4 Å². The summed E-state index contributed by atoms with van der Waals surface area (Å²) in [4.78, 5) is 7.89. The van der Waals surface area contributed by atoms with Gasteiger partial charge in [-0.3, -0.25) is 0 Å². The number of aliphatic hydroxyl groups excluding tert-OH is 1. The van der Waals surface area contributed by atoms with Gasteiger partial charge in [-0.2, -0.15) is 4.98 Å². The summed E-state index contributed by atoms with van der Waals surface area (Å²) in [7, 11) is 0. The van der Waals surface area contributed by atoms with Gasteiger partial charge in [0.05, 0.1) is 0 Å². The van der Waals surface area contributed by atoms with Crippen LogP contribution in [0.2, 0.25) is 5.15 Å². The van der Waals surface area contributed by atoms with Crippen molar-refractivity contribution in [2.45, 2.75) is 25.7 Å². The zero-order valence-electron chi connectivity index (χ0n) is 10.3. The van der Waals surface area contributed by atoms with Crippen LogP contribution in [0.4, 0.5) is 11.8 Å². The summed E-state index contributed by atoms with van der Waals surface area (Å²) in [5, 5.41) is 12.9. The molecule has 0 aliphatic heterocycles. The van der Waals surface area contributed by atoms with E-state index in [-0.39, 0.29) is 12.6 Å². The highest BCUT2D eigenvalue weighted by atomic mass is 35.5. The lowest BCUT2D eigenvalue weighted by atomic mass is 9.79. The predicted molar refractivity (Wildman–Crippen MR) is 72.5 cm³/mol. The van der Waals surface area contributed by atoms with Crippen molar-refractivity contribution in [3.63, 3.8) is 0 Å². The Balaban J connectivity index is 1.93. The molecule has 5 nitrogen and oxygen atoms in total. The molecule has 1 fully saturated rings. The average Bonchev–Trinajstić information content (AvgIpc) is 2.35. The number of halogens is 1. The molecule has 100 valence electrons. The standard InChI is InChI=1S/C12H19ClN4O/c13-10-5-11(17-12(14)16-10)15-6-8-3-1-2-4-9(8)7-18/h5,8-9,18H,1-4,6-7H2,(H3,14,15,16,17). The first kappa shape index (κ1) is 13.4.